The van der Waals surface area contributed by atoms with Gasteiger partial charge in [-0.3, -0.25) is 4.79 Å². The smallest absolute Gasteiger partial charge is 0.254 e. The van der Waals surface area contributed by atoms with Gasteiger partial charge in [-0.2, -0.15) is 5.10 Å². The molecule has 0 unspecified atom stereocenters. The van der Waals surface area contributed by atoms with Crippen molar-refractivity contribution in [2.45, 2.75) is 19.4 Å². The molecule has 2 aliphatic rings. The summed E-state index contributed by atoms with van der Waals surface area (Å²) in [5.74, 6) is 0.214. The Kier molecular flexibility index (Phi) is 5.10. The zero-order valence-electron chi connectivity index (χ0n) is 17.6. The van der Waals surface area contributed by atoms with E-state index in [1.54, 1.807) is 16.0 Å². The fourth-order valence-electron chi connectivity index (χ4n) is 4.43. The molecule has 0 aromatic carbocycles. The van der Waals surface area contributed by atoms with Crippen LogP contribution < -0.4 is 0 Å². The first-order chi connectivity index (χ1) is 14.8. The van der Waals surface area contributed by atoms with Crippen molar-refractivity contribution in [3.63, 3.8) is 0 Å². The lowest BCUT2D eigenvalue weighted by Crippen LogP contribution is -2.47. The predicted molar refractivity (Wildman–Crippen MR) is 121 cm³/mol. The molecule has 5 heterocycles. The van der Waals surface area contributed by atoms with Crippen LogP contribution in [-0.4, -0.2) is 83.6 Å². The summed E-state index contributed by atoms with van der Waals surface area (Å²) in [5, 5.41) is 7.39. The maximum absolute atomic E-state index is 13.6. The van der Waals surface area contributed by atoms with E-state index in [1.165, 1.54) is 0 Å². The van der Waals surface area contributed by atoms with Gasteiger partial charge in [0, 0.05) is 26.2 Å². The Labute approximate surface area is 185 Å². The van der Waals surface area contributed by atoms with Crippen LogP contribution in [0.2, 0.25) is 0 Å². The molecule has 164 valence electrons. The zero-order valence-corrected chi connectivity index (χ0v) is 19.2. The van der Waals surface area contributed by atoms with Crippen LogP contribution in [0.3, 0.4) is 0 Å². The van der Waals surface area contributed by atoms with Gasteiger partial charge in [-0.1, -0.05) is 6.07 Å². The van der Waals surface area contributed by atoms with Crippen LogP contribution in [0.4, 0.5) is 0 Å². The molecule has 0 aliphatic carbocycles. The highest BCUT2D eigenvalue weighted by atomic mass is 32.2. The quantitative estimate of drug-likeness (QED) is 0.597. The van der Waals surface area contributed by atoms with Gasteiger partial charge in [-0.15, -0.1) is 11.3 Å². The molecule has 31 heavy (non-hydrogen) atoms. The van der Waals surface area contributed by atoms with Gasteiger partial charge in [0.05, 0.1) is 44.8 Å². The lowest BCUT2D eigenvalue weighted by molar-refractivity contribution is 0.0666. The number of nitrogens with zero attached hydrogens (tertiary/aromatic N) is 5. The molecule has 2 aliphatic heterocycles. The summed E-state index contributed by atoms with van der Waals surface area (Å²) in [6.07, 6.45) is 0.519. The predicted octanol–water partition coefficient (Wildman–Crippen LogP) is 2.22. The molecule has 2 saturated heterocycles. The number of carbonyl (C=O) groups excluding carboxylic acids is 1. The van der Waals surface area contributed by atoms with Crippen molar-refractivity contribution in [3.8, 4) is 10.6 Å². The first-order valence-corrected chi connectivity index (χ1v) is 13.1. The summed E-state index contributed by atoms with van der Waals surface area (Å²) in [5.41, 5.74) is 2.63. The number of piperazine rings is 1. The molecule has 0 radical (unpaired) electrons. The maximum Gasteiger partial charge on any atom is 0.254 e. The van der Waals surface area contributed by atoms with E-state index in [0.717, 1.165) is 29.0 Å². The molecule has 0 spiro atoms. The summed E-state index contributed by atoms with van der Waals surface area (Å²) in [7, 11) is -1.01. The van der Waals surface area contributed by atoms with Crippen LogP contribution in [0.25, 0.3) is 21.6 Å². The second-order valence-corrected chi connectivity index (χ2v) is 11.6. The lowest BCUT2D eigenvalue weighted by atomic mass is 10.1. The standard InChI is InChI=1S/C21H25N5O3S2/c1-14-19-16(21(27)25-8-6-24(2)7-9-25)12-17(18-4-3-10-30-18)22-20(19)26(23-14)15-5-11-31(28,29)13-15/h3-4,10,12,15H,5-9,11,13H2,1-2H3/t15-/m0/s1. The fraction of sp³-hybridized carbons (Fsp3) is 0.476. The van der Waals surface area contributed by atoms with Gasteiger partial charge in [0.15, 0.2) is 15.5 Å². The topological polar surface area (TPSA) is 88.4 Å². The molecule has 0 bridgehead atoms. The first kappa shape index (κ1) is 20.6. The third kappa shape index (κ3) is 3.77. The van der Waals surface area contributed by atoms with Crippen LogP contribution in [0, 0.1) is 6.92 Å². The minimum absolute atomic E-state index is 0.0139. The van der Waals surface area contributed by atoms with E-state index in [1.807, 2.05) is 35.4 Å². The van der Waals surface area contributed by atoms with E-state index in [-0.39, 0.29) is 23.5 Å². The third-order valence-corrected chi connectivity index (χ3v) is 8.83. The Balaban J connectivity index is 1.66. The molecule has 5 rings (SSSR count). The molecular weight excluding hydrogens is 434 g/mol. The second-order valence-electron chi connectivity index (χ2n) is 8.41. The Bertz CT molecular complexity index is 1240. The molecule has 3 aromatic rings. The second kappa shape index (κ2) is 7.68. The van der Waals surface area contributed by atoms with Gasteiger partial charge < -0.3 is 9.80 Å². The number of likely N-dealkylation sites (N-methyl/N-ethyl adjacent to an activating group) is 1. The summed E-state index contributed by atoms with van der Waals surface area (Å²) in [6, 6.07) is 5.56. The van der Waals surface area contributed by atoms with Crippen molar-refractivity contribution in [3.05, 3.63) is 34.8 Å². The number of aryl methyl sites for hydroxylation is 1. The van der Waals surface area contributed by atoms with E-state index in [4.69, 9.17) is 4.98 Å². The van der Waals surface area contributed by atoms with Crippen molar-refractivity contribution in [1.82, 2.24) is 24.6 Å². The number of thiophene rings is 1. The van der Waals surface area contributed by atoms with E-state index >= 15 is 0 Å². The highest BCUT2D eigenvalue weighted by Gasteiger charge is 2.33. The Morgan fingerprint density at radius 3 is 2.65 bits per heavy atom. The van der Waals surface area contributed by atoms with Crippen molar-refractivity contribution >= 4 is 38.1 Å². The monoisotopic (exact) mass is 459 g/mol. The van der Waals surface area contributed by atoms with Crippen LogP contribution in [-0.2, 0) is 9.84 Å². The van der Waals surface area contributed by atoms with E-state index in [9.17, 15) is 13.2 Å². The summed E-state index contributed by atoms with van der Waals surface area (Å²) >= 11 is 1.57. The average molecular weight is 460 g/mol. The van der Waals surface area contributed by atoms with Crippen molar-refractivity contribution in [2.75, 3.05) is 44.7 Å². The molecule has 1 amide bonds. The van der Waals surface area contributed by atoms with Crippen LogP contribution >= 0.6 is 11.3 Å². The summed E-state index contributed by atoms with van der Waals surface area (Å²) in [4.78, 5) is 23.5. The van der Waals surface area contributed by atoms with Gasteiger partial charge in [0.1, 0.15) is 0 Å². The molecule has 8 nitrogen and oxygen atoms in total. The largest absolute Gasteiger partial charge is 0.336 e. The fourth-order valence-corrected chi connectivity index (χ4v) is 6.81. The Morgan fingerprint density at radius 1 is 1.23 bits per heavy atom. The minimum atomic E-state index is -3.07. The molecule has 3 aromatic heterocycles. The number of carbonyl (C=O) groups is 1. The van der Waals surface area contributed by atoms with Crippen LogP contribution in [0.15, 0.2) is 23.6 Å². The maximum atomic E-state index is 13.6. The highest BCUT2D eigenvalue weighted by molar-refractivity contribution is 7.91. The van der Waals surface area contributed by atoms with Crippen molar-refractivity contribution in [2.24, 2.45) is 0 Å². The zero-order chi connectivity index (χ0) is 21.8. The summed E-state index contributed by atoms with van der Waals surface area (Å²) < 4.78 is 25.9. The van der Waals surface area contributed by atoms with E-state index < -0.39 is 9.84 Å². The SMILES string of the molecule is Cc1nn([C@H]2CCS(=O)(=O)C2)c2nc(-c3cccs3)cc(C(=O)N3CCN(C)CC3)c12. The Morgan fingerprint density at radius 2 is 2.00 bits per heavy atom. The Hall–Kier alpha value is -2.30. The number of sulfone groups is 1. The van der Waals surface area contributed by atoms with Crippen molar-refractivity contribution < 1.29 is 13.2 Å². The van der Waals surface area contributed by atoms with E-state index in [2.05, 4.69) is 17.0 Å². The van der Waals surface area contributed by atoms with Gasteiger partial charge in [0.2, 0.25) is 0 Å². The molecule has 0 N–H and O–H groups in total. The van der Waals surface area contributed by atoms with Crippen molar-refractivity contribution in [1.29, 1.82) is 0 Å². The van der Waals surface area contributed by atoms with Gasteiger partial charge in [-0.05, 0) is 37.9 Å². The minimum Gasteiger partial charge on any atom is -0.336 e. The number of rotatable bonds is 3. The van der Waals surface area contributed by atoms with Gasteiger partial charge in [-0.25, -0.2) is 18.1 Å². The highest BCUT2D eigenvalue weighted by Crippen LogP contribution is 2.33. The summed E-state index contributed by atoms with van der Waals surface area (Å²) in [6.45, 7) is 4.92. The van der Waals surface area contributed by atoms with Crippen LogP contribution in [0.5, 0.6) is 0 Å². The normalized spacial score (nSPS) is 21.7. The number of fused-ring (bicyclic) bond motifs is 1. The van der Waals surface area contributed by atoms with Gasteiger partial charge >= 0.3 is 0 Å². The molecule has 10 heteroatoms. The average Bonchev–Trinajstić information content (AvgIpc) is 3.47. The van der Waals surface area contributed by atoms with Crippen LogP contribution in [0.1, 0.15) is 28.5 Å². The molecule has 0 saturated carbocycles. The number of aromatic nitrogens is 3. The first-order valence-electron chi connectivity index (χ1n) is 10.4. The van der Waals surface area contributed by atoms with E-state index in [0.29, 0.717) is 36.4 Å². The van der Waals surface area contributed by atoms with Gasteiger partial charge in [0.25, 0.3) is 5.91 Å². The number of hydrogen-bond donors (Lipinski definition) is 0. The number of amides is 1. The molecule has 2 fully saturated rings. The molecular formula is C21H25N5O3S2. The third-order valence-electron chi connectivity index (χ3n) is 6.19. The number of pyridine rings is 1. The number of hydrogen-bond acceptors (Lipinski definition) is 7. The molecule has 1 atom stereocenters. The lowest BCUT2D eigenvalue weighted by Gasteiger charge is -2.32.